The summed E-state index contributed by atoms with van der Waals surface area (Å²) in [5, 5.41) is 6.49. The molecular weight excluding hydrogens is 658 g/mol. The molecule has 10 nitrogen and oxygen atoms in total. The number of hydrogen-bond acceptors (Lipinski definition) is 8. The number of aromatic nitrogens is 2. The van der Waals surface area contributed by atoms with Crippen LogP contribution in [0.15, 0.2) is 83.7 Å². The monoisotopic (exact) mass is 684 g/mol. The average Bonchev–Trinajstić information content (AvgIpc) is 3.42. The fraction of sp³-hybridized carbons (Fsp3) is 0.200. The summed E-state index contributed by atoms with van der Waals surface area (Å²) in [5.41, 5.74) is 0.541. The number of Topliss-reactive ketones (excluding diaryl/α,β-unsaturated/α-hetero) is 1. The van der Waals surface area contributed by atoms with Gasteiger partial charge in [0.05, 0.1) is 12.3 Å². The van der Waals surface area contributed by atoms with E-state index in [1.54, 1.807) is 79.7 Å². The second kappa shape index (κ2) is 20.1. The van der Waals surface area contributed by atoms with Gasteiger partial charge in [0, 0.05) is 21.1 Å². The minimum atomic E-state index is -0.530. The molecule has 0 unspecified atom stereocenters. The number of carbonyl (C=O) groups is 3. The predicted molar refractivity (Wildman–Crippen MR) is 168 cm³/mol. The zero-order chi connectivity index (χ0) is 32.3. The number of hydrogen-bond donors (Lipinski definition) is 2. The number of rotatable bonds is 12. The minimum absolute atomic E-state index is 0.122. The summed E-state index contributed by atoms with van der Waals surface area (Å²) >= 11 is 22.1. The number of benzene rings is 3. The lowest BCUT2D eigenvalue weighted by atomic mass is 10.3. The van der Waals surface area contributed by atoms with Crippen LogP contribution in [0.5, 0.6) is 17.2 Å². The van der Waals surface area contributed by atoms with Crippen molar-refractivity contribution in [2.75, 3.05) is 19.8 Å². The van der Waals surface area contributed by atoms with Crippen LogP contribution in [-0.4, -0.2) is 47.0 Å². The van der Waals surface area contributed by atoms with Crippen molar-refractivity contribution in [2.45, 2.75) is 20.0 Å². The summed E-state index contributed by atoms with van der Waals surface area (Å²) < 4.78 is 20.2. The first kappa shape index (κ1) is 36.2. The Bertz CT molecular complexity index is 1510. The highest BCUT2D eigenvalue weighted by atomic mass is 35.5. The van der Waals surface area contributed by atoms with Crippen molar-refractivity contribution in [1.82, 2.24) is 10.2 Å². The third kappa shape index (κ3) is 16.0. The van der Waals surface area contributed by atoms with E-state index in [1.165, 1.54) is 6.07 Å². The number of nitrogens with one attached hydrogen (secondary N) is 2. The number of carbonyl (C=O) groups excluding carboxylic acids is 3. The summed E-state index contributed by atoms with van der Waals surface area (Å²) in [7, 11) is 0. The molecule has 44 heavy (non-hydrogen) atoms. The van der Waals surface area contributed by atoms with Gasteiger partial charge in [0.15, 0.2) is 12.4 Å². The van der Waals surface area contributed by atoms with Crippen molar-refractivity contribution in [2.24, 2.45) is 0 Å². The molecule has 234 valence electrons. The molecule has 0 aliphatic heterocycles. The normalized spacial score (nSPS) is 9.84. The van der Waals surface area contributed by atoms with Gasteiger partial charge < -0.3 is 18.9 Å². The lowest BCUT2D eigenvalue weighted by molar-refractivity contribution is -0.145. The standard InChI is InChI=1S/C12H13ClO4.C10H9ClN2O2.C8H6Cl2O2/c1-2-16-12(15)7-10(14)8-17-11-5-3-9(13)4-6-11;11-7-1-3-9(4-2-7)15-6-8-5-10(14)13-12-8;9-6-1-3-7(4-2-6)12-5-8(10)11/h3-6H,2,7-8H2,1H3;1-5H,6H2,(H2,12,13,14);1-4H,5H2. The first-order chi connectivity index (χ1) is 21.0. The van der Waals surface area contributed by atoms with Crippen LogP contribution in [-0.2, 0) is 25.7 Å². The van der Waals surface area contributed by atoms with Crippen LogP contribution < -0.4 is 19.8 Å². The molecule has 2 N–H and O–H groups in total. The highest BCUT2D eigenvalue weighted by Crippen LogP contribution is 2.17. The van der Waals surface area contributed by atoms with E-state index in [0.717, 1.165) is 0 Å². The molecule has 0 bridgehead atoms. The van der Waals surface area contributed by atoms with Crippen LogP contribution in [0.1, 0.15) is 19.0 Å². The van der Waals surface area contributed by atoms with Crippen LogP contribution >= 0.6 is 46.4 Å². The SMILES string of the molecule is CCOC(=O)CC(=O)COc1ccc(Cl)cc1.O=C(Cl)COc1ccc(Cl)cc1.O=c1cc(COc2ccc(Cl)cc2)[nH][nH]1. The maximum absolute atomic E-state index is 11.3. The van der Waals surface area contributed by atoms with Crippen molar-refractivity contribution in [1.29, 1.82) is 0 Å². The molecule has 0 aliphatic carbocycles. The Morgan fingerprint density at radius 1 is 0.682 bits per heavy atom. The van der Waals surface area contributed by atoms with Gasteiger partial charge in [-0.05, 0) is 91.3 Å². The highest BCUT2D eigenvalue weighted by Gasteiger charge is 2.10. The minimum Gasteiger partial charge on any atom is -0.487 e. The van der Waals surface area contributed by atoms with Crippen molar-refractivity contribution in [3.8, 4) is 17.2 Å². The molecule has 0 atom stereocenters. The van der Waals surface area contributed by atoms with Crippen LogP contribution in [0.3, 0.4) is 0 Å². The van der Waals surface area contributed by atoms with E-state index in [4.69, 9.17) is 60.6 Å². The van der Waals surface area contributed by atoms with Crippen molar-refractivity contribution < 1.29 is 33.3 Å². The van der Waals surface area contributed by atoms with Crippen LogP contribution in [0.2, 0.25) is 15.1 Å². The van der Waals surface area contributed by atoms with Crippen LogP contribution in [0.25, 0.3) is 0 Å². The number of ketones is 1. The maximum atomic E-state index is 11.3. The van der Waals surface area contributed by atoms with Gasteiger partial charge in [-0.15, -0.1) is 0 Å². The largest absolute Gasteiger partial charge is 0.487 e. The summed E-state index contributed by atoms with van der Waals surface area (Å²) in [4.78, 5) is 43.4. The second-order valence-electron chi connectivity index (χ2n) is 8.39. The van der Waals surface area contributed by atoms with Crippen LogP contribution in [0, 0.1) is 0 Å². The number of halogens is 4. The second-order valence-corrected chi connectivity index (χ2v) is 10.1. The Morgan fingerprint density at radius 2 is 1.14 bits per heavy atom. The van der Waals surface area contributed by atoms with E-state index in [-0.39, 0.29) is 37.6 Å². The maximum Gasteiger partial charge on any atom is 0.313 e. The molecule has 0 amide bonds. The summed E-state index contributed by atoms with van der Waals surface area (Å²) in [6.45, 7) is 2.00. The van der Waals surface area contributed by atoms with Crippen molar-refractivity contribution in [3.63, 3.8) is 0 Å². The van der Waals surface area contributed by atoms with Crippen molar-refractivity contribution >= 4 is 63.4 Å². The lowest BCUT2D eigenvalue weighted by Gasteiger charge is -2.05. The number of esters is 1. The van der Waals surface area contributed by atoms with Gasteiger partial charge in [-0.25, -0.2) is 0 Å². The van der Waals surface area contributed by atoms with Crippen molar-refractivity contribution in [3.05, 3.63) is 110 Å². The quantitative estimate of drug-likeness (QED) is 0.0960. The van der Waals surface area contributed by atoms with E-state index in [0.29, 0.717) is 44.6 Å². The molecule has 0 saturated carbocycles. The molecule has 4 rings (SSSR count). The lowest BCUT2D eigenvalue weighted by Crippen LogP contribution is -2.17. The Hall–Kier alpha value is -3.96. The third-order valence-corrected chi connectivity index (χ3v) is 5.75. The van der Waals surface area contributed by atoms with Gasteiger partial charge in [0.2, 0.25) is 0 Å². The fourth-order valence-electron chi connectivity index (χ4n) is 2.93. The van der Waals surface area contributed by atoms with Gasteiger partial charge in [-0.1, -0.05) is 34.8 Å². The molecule has 0 aliphatic rings. The number of H-pyrrole nitrogens is 2. The molecule has 1 heterocycles. The highest BCUT2D eigenvalue weighted by molar-refractivity contribution is 6.63. The van der Waals surface area contributed by atoms with Crippen LogP contribution in [0.4, 0.5) is 0 Å². The van der Waals surface area contributed by atoms with E-state index in [1.807, 2.05) is 0 Å². The summed E-state index contributed by atoms with van der Waals surface area (Å²) in [6, 6.07) is 21.8. The molecule has 0 radical (unpaired) electrons. The van der Waals surface area contributed by atoms with Gasteiger partial charge in [-0.3, -0.25) is 29.4 Å². The molecule has 0 spiro atoms. The average molecular weight is 686 g/mol. The van der Waals surface area contributed by atoms with Gasteiger partial charge in [-0.2, -0.15) is 0 Å². The predicted octanol–water partition coefficient (Wildman–Crippen LogP) is 6.66. The zero-order valence-corrected chi connectivity index (χ0v) is 26.3. The van der Waals surface area contributed by atoms with Gasteiger partial charge in [0.1, 0.15) is 36.9 Å². The molecule has 1 aromatic heterocycles. The van der Waals surface area contributed by atoms with E-state index >= 15 is 0 Å². The smallest absolute Gasteiger partial charge is 0.313 e. The van der Waals surface area contributed by atoms with E-state index in [2.05, 4.69) is 14.9 Å². The van der Waals surface area contributed by atoms with Gasteiger partial charge >= 0.3 is 5.97 Å². The summed E-state index contributed by atoms with van der Waals surface area (Å²) in [5.74, 6) is 0.970. The van der Waals surface area contributed by atoms with Gasteiger partial charge in [0.25, 0.3) is 10.8 Å². The Labute approximate surface area is 273 Å². The molecule has 3 aromatic carbocycles. The molecule has 14 heteroatoms. The molecule has 0 fully saturated rings. The molecular formula is C30H28Cl4N2O8. The Morgan fingerprint density at radius 3 is 1.55 bits per heavy atom. The third-order valence-electron chi connectivity index (χ3n) is 4.89. The summed E-state index contributed by atoms with van der Waals surface area (Å²) in [6.07, 6.45) is -0.262. The zero-order valence-electron chi connectivity index (χ0n) is 23.3. The first-order valence-corrected chi connectivity index (χ1v) is 14.3. The van der Waals surface area contributed by atoms with E-state index < -0.39 is 11.2 Å². The Kier molecular flexibility index (Phi) is 16.5. The molecule has 0 saturated heterocycles. The fourth-order valence-corrected chi connectivity index (χ4v) is 3.36. The van der Waals surface area contributed by atoms with E-state index in [9.17, 15) is 19.2 Å². The first-order valence-electron chi connectivity index (χ1n) is 12.8. The Balaban J connectivity index is 0.000000233. The number of aromatic amines is 2. The number of ether oxygens (including phenoxy) is 4. The molecule has 4 aromatic rings. The topological polar surface area (TPSA) is 137 Å².